The molecule has 24 heteroatoms. The zero-order valence-electron chi connectivity index (χ0n) is 68.9. The Labute approximate surface area is 683 Å². The van der Waals surface area contributed by atoms with Gasteiger partial charge < -0.3 is 106 Å². The van der Waals surface area contributed by atoms with Gasteiger partial charge in [0, 0.05) is 187 Å². The van der Waals surface area contributed by atoms with Gasteiger partial charge in [-0.05, 0) is 121 Å². The zero-order chi connectivity index (χ0) is 83.1. The van der Waals surface area contributed by atoms with Gasteiger partial charge in [0.05, 0.1) is 125 Å². The normalized spacial score (nSPS) is 12.5. The third-order valence-corrected chi connectivity index (χ3v) is 22.7. The first-order valence-corrected chi connectivity index (χ1v) is 38.2. The highest BCUT2D eigenvalue weighted by Crippen LogP contribution is 2.50. The Kier molecular flexibility index (Phi) is 22.5. The van der Waals surface area contributed by atoms with E-state index >= 15 is 0 Å². The Bertz CT molecular complexity index is 5360. The Morgan fingerprint density at radius 2 is 0.373 bits per heavy atom. The summed E-state index contributed by atoms with van der Waals surface area (Å²) < 4.78 is 113. The molecule has 0 fully saturated rings. The molecular weight excluding hydrogens is 1510 g/mol. The van der Waals surface area contributed by atoms with E-state index in [2.05, 4.69) is 0 Å². The standard InChI is InChI=1S/C94H94N4O20/c1-101-69-35-53-23-57-39-81(113-13)61(43-77(57)109-9)27-65-85(95)89(99)67(29-63-45-79(111-11)59(41-83(63)115-15)25-55-37-71(103-3)51(33-75(55)107-7)21-49(69)31-73(53)105-5)87-91(65)117-93(97-87)47-17-19-48(20-18-47)94-98-88-68-30-64-46-80(112-12)60(42-84(64)116-16)26-56-38-72(104-4)52(34-76(56)108-8)22-50-32-74(106-6)54(36-70(50)102-2)24-58-40-82(114-14)62(44-78(58)110-10)28-66(92(88)118-94)86(96)90(68)100/h17-20,31-46,99-100H,21-30,95-96H2,1-16H3. The fraction of sp³-hybridized carbons (Fsp3) is 0.277. The van der Waals surface area contributed by atoms with Crippen molar-refractivity contribution in [2.24, 2.45) is 0 Å². The van der Waals surface area contributed by atoms with Gasteiger partial charge in [0.15, 0.2) is 11.2 Å². The summed E-state index contributed by atoms with van der Waals surface area (Å²) in [6, 6.07) is 38.5. The van der Waals surface area contributed by atoms with Gasteiger partial charge >= 0.3 is 0 Å². The summed E-state index contributed by atoms with van der Waals surface area (Å²) in [6.45, 7) is 0. The van der Waals surface area contributed by atoms with E-state index in [-0.39, 0.29) is 60.3 Å². The highest BCUT2D eigenvalue weighted by atomic mass is 16.5. The van der Waals surface area contributed by atoms with Crippen molar-refractivity contribution in [1.82, 2.24) is 9.97 Å². The van der Waals surface area contributed by atoms with Crippen molar-refractivity contribution in [2.45, 2.75) is 64.2 Å². The van der Waals surface area contributed by atoms with Gasteiger partial charge in [0.1, 0.15) is 115 Å². The van der Waals surface area contributed by atoms with Gasteiger partial charge in [-0.25, -0.2) is 9.97 Å². The van der Waals surface area contributed by atoms with Gasteiger partial charge in [-0.15, -0.1) is 0 Å². The molecule has 0 amide bonds. The maximum absolute atomic E-state index is 12.8. The summed E-state index contributed by atoms with van der Waals surface area (Å²) in [5, 5.41) is 25.6. The van der Waals surface area contributed by atoms with Gasteiger partial charge in [0.25, 0.3) is 0 Å². The summed E-state index contributed by atoms with van der Waals surface area (Å²) in [7, 11) is 25.9. The van der Waals surface area contributed by atoms with Crippen LogP contribution in [0.5, 0.6) is 103 Å². The summed E-state index contributed by atoms with van der Waals surface area (Å²) in [5.74, 6) is 9.22. The first kappa shape index (κ1) is 79.6. The van der Waals surface area contributed by atoms with E-state index in [0.717, 1.165) is 66.8 Å². The molecule has 0 atom stereocenters. The van der Waals surface area contributed by atoms with Crippen molar-refractivity contribution in [3.63, 3.8) is 0 Å². The molecule has 0 saturated heterocycles. The number of oxazole rings is 2. The molecule has 0 spiro atoms. The molecule has 610 valence electrons. The van der Waals surface area contributed by atoms with Crippen LogP contribution in [0.1, 0.15) is 111 Å². The quantitative estimate of drug-likeness (QED) is 0.0458. The lowest BCUT2D eigenvalue weighted by Gasteiger charge is -2.20. The van der Waals surface area contributed by atoms with Gasteiger partial charge in [-0.3, -0.25) is 0 Å². The van der Waals surface area contributed by atoms with Crippen molar-refractivity contribution in [3.8, 4) is 126 Å². The Hall–Kier alpha value is -13.6. The molecule has 20 bridgehead atoms. The molecule has 32 rings (SSSR count). The van der Waals surface area contributed by atoms with Crippen LogP contribution in [-0.4, -0.2) is 134 Å². The first-order chi connectivity index (χ1) is 57.3. The minimum absolute atomic E-state index is 0.0540. The topological polar surface area (TPSA) is 292 Å². The fourth-order valence-corrected chi connectivity index (χ4v) is 16.6. The SMILES string of the molecule is COc1cc2c(OC)cc1Cc1cc(OC)c(cc1OC)Cc1cc(OC)c(cc1OC)Cc1c(N)c(O)c(c3nc(-c4ccc(-c5nc6c7c(O)c(N)c(c6o5)Cc5cc(OC)c(cc5OC)Cc5cc(OC)c(cc5OC)Cc5cc(OC)c(cc5OC)Cc5cc(OC)c(cc5OC)C7)cc4)oc13)Cc1cc(OC)c(cc1OC)C2. The first-order valence-electron chi connectivity index (χ1n) is 38.2. The number of methoxy groups -OCH3 is 16. The van der Waals surface area contributed by atoms with Crippen molar-refractivity contribution in [3.05, 3.63) is 233 Å². The average molecular weight is 1600 g/mol. The second-order valence-electron chi connectivity index (χ2n) is 29.0. The summed E-state index contributed by atoms with van der Waals surface area (Å²) in [5.41, 5.74) is 31.1. The van der Waals surface area contributed by atoms with Crippen LogP contribution in [0.4, 0.5) is 11.4 Å². The maximum atomic E-state index is 12.8. The summed E-state index contributed by atoms with van der Waals surface area (Å²) in [6.07, 6.45) is 2.55. The number of nitrogen functional groups attached to an aromatic ring is 2. The lowest BCUT2D eigenvalue weighted by atomic mass is 9.93. The smallest absolute Gasteiger partial charge is 0.227 e. The van der Waals surface area contributed by atoms with Crippen LogP contribution >= 0.6 is 0 Å². The van der Waals surface area contributed by atoms with Crippen molar-refractivity contribution < 1.29 is 94.8 Å². The molecule has 2 heterocycles. The molecule has 19 aliphatic carbocycles. The fourth-order valence-electron chi connectivity index (χ4n) is 16.6. The molecule has 2 aromatic heterocycles. The molecular formula is C94H94N4O20. The lowest BCUT2D eigenvalue weighted by molar-refractivity contribution is 0.389. The molecule has 118 heavy (non-hydrogen) atoms. The predicted octanol–water partition coefficient (Wildman–Crippen LogP) is 16.6. The maximum Gasteiger partial charge on any atom is 0.227 e. The number of ether oxygens (including phenoxy) is 16. The molecule has 24 nitrogen and oxygen atoms in total. The number of nitrogens with two attached hydrogens (primary N) is 2. The van der Waals surface area contributed by atoms with Crippen molar-refractivity contribution in [2.75, 3.05) is 125 Å². The molecule has 6 N–H and O–H groups in total. The number of hydrogen-bond donors (Lipinski definition) is 4. The zero-order valence-corrected chi connectivity index (χ0v) is 68.9. The third-order valence-electron chi connectivity index (χ3n) is 22.7. The average Bonchev–Trinajstić information content (AvgIpc) is 1.57. The molecule has 13 aromatic rings. The van der Waals surface area contributed by atoms with E-state index in [4.69, 9.17) is 106 Å². The number of anilines is 2. The van der Waals surface area contributed by atoms with Gasteiger partial charge in [-0.1, -0.05) is 0 Å². The van der Waals surface area contributed by atoms with Crippen molar-refractivity contribution in [1.29, 1.82) is 0 Å². The van der Waals surface area contributed by atoms with Gasteiger partial charge in [-0.2, -0.15) is 0 Å². The summed E-state index contributed by atoms with van der Waals surface area (Å²) in [4.78, 5) is 10.5. The minimum Gasteiger partial charge on any atom is -0.505 e. The van der Waals surface area contributed by atoms with Crippen LogP contribution in [0.3, 0.4) is 0 Å². The molecule has 19 aliphatic rings. The number of hydrogen-bond acceptors (Lipinski definition) is 24. The monoisotopic (exact) mass is 1600 g/mol. The Morgan fingerprint density at radius 1 is 0.229 bits per heavy atom. The van der Waals surface area contributed by atoms with Crippen LogP contribution < -0.4 is 87.3 Å². The number of rotatable bonds is 18. The molecule has 0 saturated carbocycles. The third kappa shape index (κ3) is 14.6. The molecule has 0 unspecified atom stereocenters. The van der Waals surface area contributed by atoms with Crippen LogP contribution in [0.15, 0.2) is 130 Å². The number of benzene rings is 11. The van der Waals surface area contributed by atoms with E-state index in [0.29, 0.717) is 208 Å². The predicted molar refractivity (Wildman–Crippen MR) is 449 cm³/mol. The van der Waals surface area contributed by atoms with Crippen LogP contribution in [0.2, 0.25) is 0 Å². The van der Waals surface area contributed by atoms with E-state index in [1.54, 1.807) is 114 Å². The Morgan fingerprint density at radius 3 is 0.525 bits per heavy atom. The van der Waals surface area contributed by atoms with Crippen LogP contribution in [-0.2, 0) is 64.2 Å². The highest BCUT2D eigenvalue weighted by molar-refractivity contribution is 5.94. The number of aromatic nitrogens is 2. The highest BCUT2D eigenvalue weighted by Gasteiger charge is 2.32. The second kappa shape index (κ2) is 33.3. The van der Waals surface area contributed by atoms with E-state index < -0.39 is 0 Å². The molecule has 0 aliphatic heterocycles. The molecule has 11 aromatic carbocycles. The number of phenols is 2. The number of nitrogens with zero attached hydrogens (tertiary/aromatic N) is 2. The second-order valence-corrected chi connectivity index (χ2v) is 29.0. The number of aromatic hydroxyl groups is 2. The Balaban J connectivity index is 0.880. The van der Waals surface area contributed by atoms with E-state index in [9.17, 15) is 10.2 Å². The lowest BCUT2D eigenvalue weighted by Crippen LogP contribution is -2.05. The van der Waals surface area contributed by atoms with Gasteiger partial charge in [0.2, 0.25) is 11.8 Å². The van der Waals surface area contributed by atoms with Crippen LogP contribution in [0.25, 0.3) is 45.1 Å². The number of phenolic OH excluding ortho intramolecular Hbond substituents is 2. The van der Waals surface area contributed by atoms with E-state index in [1.165, 1.54) is 0 Å². The largest absolute Gasteiger partial charge is 0.505 e. The minimum atomic E-state index is -0.213. The van der Waals surface area contributed by atoms with Crippen LogP contribution in [0, 0.1) is 0 Å². The van der Waals surface area contributed by atoms with E-state index in [1.807, 2.05) is 121 Å². The van der Waals surface area contributed by atoms with Crippen molar-refractivity contribution >= 4 is 33.6 Å². The summed E-state index contributed by atoms with van der Waals surface area (Å²) >= 11 is 0. The molecule has 0 radical (unpaired) electrons.